The van der Waals surface area contributed by atoms with Crippen LogP contribution in [-0.4, -0.2) is 20.6 Å². The maximum atomic E-state index is 13.0. The molecule has 0 aliphatic heterocycles. The van der Waals surface area contributed by atoms with Gasteiger partial charge >= 0.3 is 6.18 Å². The molecule has 0 saturated heterocycles. The second-order valence-corrected chi connectivity index (χ2v) is 7.48. The van der Waals surface area contributed by atoms with Crippen LogP contribution >= 0.6 is 0 Å². The van der Waals surface area contributed by atoms with E-state index in [-0.39, 0.29) is 11.6 Å². The molecule has 0 bridgehead atoms. The van der Waals surface area contributed by atoms with E-state index < -0.39 is 31.9 Å². The summed E-state index contributed by atoms with van der Waals surface area (Å²) in [6.07, 6.45) is -2.73. The number of alkyl halides is 3. The topological polar surface area (TPSA) is 63.2 Å². The Morgan fingerprint density at radius 3 is 2.29 bits per heavy atom. The van der Waals surface area contributed by atoms with E-state index in [4.69, 9.17) is 0 Å². The van der Waals surface area contributed by atoms with Crippen molar-refractivity contribution in [2.45, 2.75) is 30.8 Å². The third-order valence-electron chi connectivity index (χ3n) is 3.49. The number of anilines is 1. The number of benzene rings is 1. The fourth-order valence-electron chi connectivity index (χ4n) is 1.85. The molecule has 1 fully saturated rings. The average Bonchev–Trinajstić information content (AvgIpc) is 3.06. The summed E-state index contributed by atoms with van der Waals surface area (Å²) in [5.74, 6) is -0.359. The molecule has 1 aromatic carbocycles. The van der Waals surface area contributed by atoms with Crippen molar-refractivity contribution in [3.63, 3.8) is 0 Å². The van der Waals surface area contributed by atoms with E-state index in [0.717, 1.165) is 12.1 Å². The van der Waals surface area contributed by atoms with Gasteiger partial charge in [-0.3, -0.25) is 4.79 Å². The average molecular weight is 321 g/mol. The second kappa shape index (κ2) is 4.72. The highest BCUT2D eigenvalue weighted by molar-refractivity contribution is 7.90. The Labute approximate surface area is 120 Å². The van der Waals surface area contributed by atoms with Crippen molar-refractivity contribution in [3.8, 4) is 0 Å². The first-order valence-electron chi connectivity index (χ1n) is 6.16. The monoisotopic (exact) mass is 321 g/mol. The SMILES string of the molecule is CC1(C(=O)Nc2ccc(S(C)(=O)=O)c(C(F)(F)F)c2)CC1. The number of halogens is 3. The van der Waals surface area contributed by atoms with Gasteiger partial charge in [0.2, 0.25) is 5.91 Å². The number of carbonyl (C=O) groups excluding carboxylic acids is 1. The summed E-state index contributed by atoms with van der Waals surface area (Å²) in [4.78, 5) is 11.0. The quantitative estimate of drug-likeness (QED) is 0.931. The number of rotatable bonds is 3. The van der Waals surface area contributed by atoms with Crippen LogP contribution in [0, 0.1) is 5.41 Å². The fraction of sp³-hybridized carbons (Fsp3) is 0.462. The van der Waals surface area contributed by atoms with Crippen molar-refractivity contribution in [1.82, 2.24) is 0 Å². The highest BCUT2D eigenvalue weighted by Crippen LogP contribution is 2.46. The van der Waals surface area contributed by atoms with Crippen molar-refractivity contribution in [2.75, 3.05) is 11.6 Å². The van der Waals surface area contributed by atoms with E-state index >= 15 is 0 Å². The van der Waals surface area contributed by atoms with E-state index in [9.17, 15) is 26.4 Å². The van der Waals surface area contributed by atoms with Crippen LogP contribution in [0.4, 0.5) is 18.9 Å². The van der Waals surface area contributed by atoms with Gasteiger partial charge in [-0.25, -0.2) is 8.42 Å². The molecule has 0 aromatic heterocycles. The molecule has 0 unspecified atom stereocenters. The summed E-state index contributed by atoms with van der Waals surface area (Å²) in [7, 11) is -4.01. The lowest BCUT2D eigenvalue weighted by Crippen LogP contribution is -2.22. The maximum Gasteiger partial charge on any atom is 0.417 e. The number of hydrogen-bond acceptors (Lipinski definition) is 3. The first kappa shape index (κ1) is 15.8. The van der Waals surface area contributed by atoms with Crippen molar-refractivity contribution in [3.05, 3.63) is 23.8 Å². The number of hydrogen-bond donors (Lipinski definition) is 1. The molecule has 0 spiro atoms. The molecule has 1 saturated carbocycles. The van der Waals surface area contributed by atoms with Gasteiger partial charge in [0.25, 0.3) is 0 Å². The van der Waals surface area contributed by atoms with Crippen LogP contribution in [0.2, 0.25) is 0 Å². The Hall–Kier alpha value is -1.57. The first-order valence-corrected chi connectivity index (χ1v) is 8.05. The van der Waals surface area contributed by atoms with Gasteiger partial charge in [-0.2, -0.15) is 13.2 Å². The van der Waals surface area contributed by atoms with Gasteiger partial charge in [-0.1, -0.05) is 6.92 Å². The highest BCUT2D eigenvalue weighted by atomic mass is 32.2. The molecular weight excluding hydrogens is 307 g/mol. The van der Waals surface area contributed by atoms with Gasteiger partial charge in [-0.05, 0) is 31.0 Å². The lowest BCUT2D eigenvalue weighted by molar-refractivity contribution is -0.139. The minimum absolute atomic E-state index is 0.0622. The number of amides is 1. The predicted octanol–water partition coefficient (Wildman–Crippen LogP) is 2.85. The van der Waals surface area contributed by atoms with Crippen molar-refractivity contribution in [2.24, 2.45) is 5.41 Å². The van der Waals surface area contributed by atoms with Crippen LogP contribution in [0.25, 0.3) is 0 Å². The molecule has 2 rings (SSSR count). The number of sulfone groups is 1. The standard InChI is InChI=1S/C13H14F3NO3S/c1-12(5-6-12)11(18)17-8-3-4-10(21(2,19)20)9(7-8)13(14,15)16/h3-4,7H,5-6H2,1-2H3,(H,17,18). The van der Waals surface area contributed by atoms with E-state index in [1.165, 1.54) is 0 Å². The van der Waals surface area contributed by atoms with E-state index in [0.29, 0.717) is 25.2 Å². The van der Waals surface area contributed by atoms with Crippen LogP contribution in [-0.2, 0) is 20.8 Å². The van der Waals surface area contributed by atoms with Gasteiger partial charge < -0.3 is 5.32 Å². The molecule has 116 valence electrons. The van der Waals surface area contributed by atoms with Gasteiger partial charge in [-0.15, -0.1) is 0 Å². The third-order valence-corrected chi connectivity index (χ3v) is 4.65. The lowest BCUT2D eigenvalue weighted by atomic mass is 10.1. The van der Waals surface area contributed by atoms with E-state index in [1.54, 1.807) is 6.92 Å². The summed E-state index contributed by atoms with van der Waals surface area (Å²) in [5, 5.41) is 2.40. The zero-order valence-corrected chi connectivity index (χ0v) is 12.2. The smallest absolute Gasteiger partial charge is 0.326 e. The zero-order chi connectivity index (χ0) is 16.1. The summed E-state index contributed by atoms with van der Waals surface area (Å²) >= 11 is 0. The molecule has 1 aliphatic carbocycles. The van der Waals surface area contributed by atoms with Crippen molar-refractivity contribution < 1.29 is 26.4 Å². The Morgan fingerprint density at radius 2 is 1.86 bits per heavy atom. The number of nitrogens with one attached hydrogen (secondary N) is 1. The molecule has 4 nitrogen and oxygen atoms in total. The molecule has 21 heavy (non-hydrogen) atoms. The normalized spacial score (nSPS) is 17.4. The maximum absolute atomic E-state index is 13.0. The summed E-state index contributed by atoms with van der Waals surface area (Å²) in [6, 6.07) is 2.68. The lowest BCUT2D eigenvalue weighted by Gasteiger charge is -2.15. The number of carbonyl (C=O) groups is 1. The predicted molar refractivity (Wildman–Crippen MR) is 70.5 cm³/mol. The molecular formula is C13H14F3NO3S. The molecule has 1 aliphatic rings. The van der Waals surface area contributed by atoms with Gasteiger partial charge in [0, 0.05) is 17.4 Å². The Balaban J connectivity index is 2.40. The Kier molecular flexibility index (Phi) is 3.56. The summed E-state index contributed by atoms with van der Waals surface area (Å²) < 4.78 is 61.7. The van der Waals surface area contributed by atoms with Crippen LogP contribution in [0.5, 0.6) is 0 Å². The van der Waals surface area contributed by atoms with Crippen LogP contribution < -0.4 is 5.32 Å². The van der Waals surface area contributed by atoms with Crippen LogP contribution in [0.1, 0.15) is 25.3 Å². The molecule has 1 N–H and O–H groups in total. The largest absolute Gasteiger partial charge is 0.417 e. The fourth-order valence-corrected chi connectivity index (χ4v) is 2.74. The van der Waals surface area contributed by atoms with Crippen LogP contribution in [0.3, 0.4) is 0 Å². The minimum atomic E-state index is -4.82. The van der Waals surface area contributed by atoms with Gasteiger partial charge in [0.15, 0.2) is 9.84 Å². The molecule has 8 heteroatoms. The van der Waals surface area contributed by atoms with Gasteiger partial charge in [0.05, 0.1) is 10.5 Å². The van der Waals surface area contributed by atoms with Crippen molar-refractivity contribution in [1.29, 1.82) is 0 Å². The second-order valence-electron chi connectivity index (χ2n) is 5.50. The molecule has 1 aromatic rings. The van der Waals surface area contributed by atoms with Crippen molar-refractivity contribution >= 4 is 21.4 Å². The zero-order valence-electron chi connectivity index (χ0n) is 11.4. The molecule has 1 amide bonds. The minimum Gasteiger partial charge on any atom is -0.326 e. The summed E-state index contributed by atoms with van der Waals surface area (Å²) in [6.45, 7) is 1.72. The first-order chi connectivity index (χ1) is 9.43. The third kappa shape index (κ3) is 3.37. The molecule has 0 heterocycles. The Morgan fingerprint density at radius 1 is 1.29 bits per heavy atom. The van der Waals surface area contributed by atoms with E-state index in [2.05, 4.69) is 5.32 Å². The van der Waals surface area contributed by atoms with Crippen LogP contribution in [0.15, 0.2) is 23.1 Å². The molecule has 0 radical (unpaired) electrons. The summed E-state index contributed by atoms with van der Waals surface area (Å²) in [5.41, 5.74) is -1.87. The Bertz CT molecular complexity index is 691. The molecule has 0 atom stereocenters. The highest BCUT2D eigenvalue weighted by Gasteiger charge is 2.45. The van der Waals surface area contributed by atoms with Gasteiger partial charge in [0.1, 0.15) is 0 Å². The van der Waals surface area contributed by atoms with E-state index in [1.807, 2.05) is 0 Å².